The molecule has 17 heteroatoms. The van der Waals surface area contributed by atoms with Crippen LogP contribution in [0.5, 0.6) is 23.1 Å². The number of hydrogen-bond acceptors (Lipinski definition) is 17. The summed E-state index contributed by atoms with van der Waals surface area (Å²) in [5.41, 5.74) is 19.0. The van der Waals surface area contributed by atoms with Gasteiger partial charge < -0.3 is 18.9 Å². The molecule has 0 N–H and O–H groups in total. The quantitative estimate of drug-likeness (QED) is 0.139. The standard InChI is InChI=1S/2C12H14N2.C12H16O.C11H14O2.C10H12N2S.C8H6N2.C7H5N3.C7H7NO.3C5H12/c1-12(2,3)9-4-5-10-11(8-9)14-7-6-13-10;1-12(2,3)10-7-6-9-5-4-8-13-11(9)14-10;1-12(2,3)10-5-4-9-6-7-13-11(9)8-10;1-11(2,3)8-4-5-9-10(6-8)13-7-12-9;1-10(2,3)8-5-4-7-9(12-8)11-6-13-7;1-2-7-6-9-5-3-8(7)10-4-1;1-2-6-7(9-3-1)10-5-4-8-6;1-2-6-3-5-9-7(6)8-4-1;3*1-5(2,3)4/h2*4-8H,1-3H3;4-5,8H,6-7H2,1-3H3;4-6H,7H2,1-3H3;4-6H,1-3H3;1-6H;1-5H;1-2,4H,3,5H2;3*1-4H3. The maximum atomic E-state index is 5.53. The SMILES string of the molecule is CC(C)(C)C.CC(C)(C)C.CC(C)(C)C.CC(C)(C)c1ccc2c(c1)OCC2.CC(C)(C)c1ccc2c(c1)OCO2.CC(C)(C)c1ccc2cccnc2n1.CC(C)(C)c1ccc2nccnc2c1.CC(C)(C)c1ccc2scnc2n1.c1cnc2c(c1)CCO2.c1cnc2ccncc2c1.c1cnc2nccnc2c1. The minimum atomic E-state index is 0.0890. The molecule has 0 fully saturated rings. The molecule has 111 heavy (non-hydrogen) atoms. The van der Waals surface area contributed by atoms with Crippen LogP contribution in [-0.2, 0) is 39.9 Å². The van der Waals surface area contributed by atoms with Gasteiger partial charge in [-0.1, -0.05) is 217 Å². The van der Waals surface area contributed by atoms with Gasteiger partial charge in [0.25, 0.3) is 0 Å². The van der Waals surface area contributed by atoms with E-state index in [4.69, 9.17) is 18.9 Å². The highest BCUT2D eigenvalue weighted by atomic mass is 32.1. The van der Waals surface area contributed by atoms with Crippen molar-refractivity contribution in [2.24, 2.45) is 16.2 Å². The summed E-state index contributed by atoms with van der Waals surface area (Å²) in [7, 11) is 0. The Kier molecular flexibility index (Phi) is 32.6. The zero-order valence-corrected chi connectivity index (χ0v) is 72.3. The molecule has 0 amide bonds. The Bertz CT molecular complexity index is 4560. The second-order valence-corrected chi connectivity index (χ2v) is 38.0. The van der Waals surface area contributed by atoms with Crippen LogP contribution in [0, 0.1) is 16.2 Å². The Balaban J connectivity index is 0.000000193. The molecular weight excluding hydrogens is 1390 g/mol. The Morgan fingerprint density at radius 3 is 1.38 bits per heavy atom. The average Bonchev–Trinajstić information content (AvgIpc) is 1.72. The molecule has 0 atom stereocenters. The summed E-state index contributed by atoms with van der Waals surface area (Å²) in [6.07, 6.45) is 19.4. The summed E-state index contributed by atoms with van der Waals surface area (Å²) in [6, 6.07) is 44.8. The van der Waals surface area contributed by atoms with E-state index in [0.29, 0.717) is 28.7 Å². The second kappa shape index (κ2) is 40.3. The molecule has 0 spiro atoms. The van der Waals surface area contributed by atoms with E-state index in [2.05, 4.69) is 320 Å². The van der Waals surface area contributed by atoms with Crippen LogP contribution in [0.2, 0.25) is 0 Å². The van der Waals surface area contributed by atoms with Gasteiger partial charge in [-0.2, -0.15) is 0 Å². The molecule has 0 aliphatic carbocycles. The van der Waals surface area contributed by atoms with E-state index in [9.17, 15) is 0 Å². The number of benzene rings is 3. The summed E-state index contributed by atoms with van der Waals surface area (Å²) >= 11 is 1.63. The molecule has 0 bridgehead atoms. The summed E-state index contributed by atoms with van der Waals surface area (Å²) in [4.78, 5) is 50.2. The number of nitrogens with zero attached hydrogens (tertiary/aromatic N) is 12. The number of rotatable bonds is 0. The van der Waals surface area contributed by atoms with Crippen LogP contribution in [0.4, 0.5) is 0 Å². The van der Waals surface area contributed by atoms with Crippen molar-refractivity contribution in [3.8, 4) is 23.1 Å². The molecule has 13 aromatic rings. The van der Waals surface area contributed by atoms with E-state index in [-0.39, 0.29) is 27.1 Å². The number of hydrogen-bond donors (Lipinski definition) is 0. The Hall–Kier alpha value is -10.0. The van der Waals surface area contributed by atoms with Crippen molar-refractivity contribution in [3.05, 3.63) is 240 Å². The summed E-state index contributed by atoms with van der Waals surface area (Å²) in [5, 5.41) is 2.19. The number of ether oxygens (including phenoxy) is 4. The third-order valence-corrected chi connectivity index (χ3v) is 16.2. The van der Waals surface area contributed by atoms with Gasteiger partial charge >= 0.3 is 0 Å². The molecule has 10 aromatic heterocycles. The third-order valence-electron chi connectivity index (χ3n) is 15.4. The number of thiazole rings is 1. The van der Waals surface area contributed by atoms with Gasteiger partial charge in [0.05, 0.1) is 40.0 Å². The van der Waals surface area contributed by atoms with Crippen LogP contribution in [-0.4, -0.2) is 79.8 Å². The monoisotopic (exact) mass is 1520 g/mol. The molecule has 0 unspecified atom stereocenters. The van der Waals surface area contributed by atoms with E-state index in [1.54, 1.807) is 67.1 Å². The summed E-state index contributed by atoms with van der Waals surface area (Å²) in [5.74, 6) is 3.63. The van der Waals surface area contributed by atoms with Gasteiger partial charge in [-0.05, 0) is 158 Å². The smallest absolute Gasteiger partial charge is 0.231 e. The van der Waals surface area contributed by atoms with E-state index < -0.39 is 0 Å². The highest BCUT2D eigenvalue weighted by Crippen LogP contribution is 2.37. The van der Waals surface area contributed by atoms with Gasteiger partial charge in [0, 0.05) is 113 Å². The van der Waals surface area contributed by atoms with Gasteiger partial charge in [-0.3, -0.25) is 24.9 Å². The largest absolute Gasteiger partial charge is 0.493 e. The minimum absolute atomic E-state index is 0.0890. The molecule has 13 heterocycles. The molecule has 0 saturated carbocycles. The fraction of sp³-hybridized carbons (Fsp3) is 0.426. The van der Waals surface area contributed by atoms with Crippen LogP contribution in [0.15, 0.2) is 201 Å². The van der Waals surface area contributed by atoms with Crippen molar-refractivity contribution >= 4 is 65.8 Å². The van der Waals surface area contributed by atoms with Crippen molar-refractivity contribution in [2.75, 3.05) is 20.0 Å². The maximum absolute atomic E-state index is 5.53. The molecule has 0 radical (unpaired) electrons. The van der Waals surface area contributed by atoms with Gasteiger partial charge in [0.1, 0.15) is 11.3 Å². The van der Waals surface area contributed by atoms with Gasteiger partial charge in [0.2, 0.25) is 12.7 Å². The molecule has 0 saturated heterocycles. The fourth-order valence-corrected chi connectivity index (χ4v) is 10.3. The van der Waals surface area contributed by atoms with E-state index >= 15 is 0 Å². The van der Waals surface area contributed by atoms with Crippen LogP contribution >= 0.6 is 11.3 Å². The van der Waals surface area contributed by atoms with Crippen LogP contribution < -0.4 is 18.9 Å². The minimum Gasteiger partial charge on any atom is -0.493 e. The lowest BCUT2D eigenvalue weighted by molar-refractivity contribution is 0.174. The lowest BCUT2D eigenvalue weighted by Crippen LogP contribution is -2.13. The fourth-order valence-electron chi connectivity index (χ4n) is 9.69. The Morgan fingerprint density at radius 1 is 0.306 bits per heavy atom. The highest BCUT2D eigenvalue weighted by molar-refractivity contribution is 7.16. The molecular formula is C94H124N12O4S. The Morgan fingerprint density at radius 2 is 0.775 bits per heavy atom. The van der Waals surface area contributed by atoms with Crippen molar-refractivity contribution in [3.63, 3.8) is 0 Å². The number of fused-ring (bicyclic) bond motifs is 8. The normalized spacial score (nSPS) is 12.6. The molecule has 16 nitrogen and oxygen atoms in total. The van der Waals surface area contributed by atoms with E-state index in [1.165, 1.54) is 27.8 Å². The first-order valence-electron chi connectivity index (χ1n) is 38.3. The zero-order valence-electron chi connectivity index (χ0n) is 71.5. The lowest BCUT2D eigenvalue weighted by atomic mass is 9.86. The average molecular weight is 1520 g/mol. The van der Waals surface area contributed by atoms with Crippen molar-refractivity contribution < 1.29 is 18.9 Å². The lowest BCUT2D eigenvalue weighted by Gasteiger charge is -2.19. The Labute approximate surface area is 667 Å². The maximum Gasteiger partial charge on any atom is 0.231 e. The van der Waals surface area contributed by atoms with Crippen LogP contribution in [0.1, 0.15) is 226 Å². The van der Waals surface area contributed by atoms with E-state index in [0.717, 1.165) is 109 Å². The highest BCUT2D eigenvalue weighted by Gasteiger charge is 2.22. The van der Waals surface area contributed by atoms with Gasteiger partial charge in [0.15, 0.2) is 28.4 Å². The first-order valence-corrected chi connectivity index (χ1v) is 39.2. The predicted molar refractivity (Wildman–Crippen MR) is 464 cm³/mol. The summed E-state index contributed by atoms with van der Waals surface area (Å²) < 4.78 is 22.4. The van der Waals surface area contributed by atoms with Crippen LogP contribution in [0.3, 0.4) is 0 Å². The van der Waals surface area contributed by atoms with Crippen molar-refractivity contribution in [1.29, 1.82) is 0 Å². The molecule has 3 aromatic carbocycles. The molecule has 590 valence electrons. The third kappa shape index (κ3) is 33.2. The van der Waals surface area contributed by atoms with Crippen molar-refractivity contribution in [1.82, 2.24) is 59.8 Å². The second-order valence-electron chi connectivity index (χ2n) is 37.2. The first kappa shape index (κ1) is 89.9. The van der Waals surface area contributed by atoms with Crippen molar-refractivity contribution in [2.45, 2.75) is 227 Å². The van der Waals surface area contributed by atoms with Crippen LogP contribution in [0.25, 0.3) is 54.5 Å². The van der Waals surface area contributed by atoms with Gasteiger partial charge in [-0.15, -0.1) is 11.3 Å². The number of pyridine rings is 7. The topological polar surface area (TPSA) is 192 Å². The van der Waals surface area contributed by atoms with E-state index in [1.807, 2.05) is 72.4 Å². The number of aromatic nitrogens is 12. The predicted octanol–water partition coefficient (Wildman–Crippen LogP) is 24.3. The summed E-state index contributed by atoms with van der Waals surface area (Å²) in [6.45, 7) is 61.0. The zero-order chi connectivity index (χ0) is 82.0. The first-order chi connectivity index (χ1) is 51.8. The molecule has 3 aliphatic rings. The van der Waals surface area contributed by atoms with Gasteiger partial charge in [-0.25, -0.2) is 34.9 Å². The molecule has 16 rings (SSSR count). The molecule has 3 aliphatic heterocycles.